The summed E-state index contributed by atoms with van der Waals surface area (Å²) in [6, 6.07) is 13.6. The standard InChI is InChI=1S/C32H34N8O2/c1-6-8-27(41)39-17-15-24(16-18-39)40-20-23(19-36-40)30-28(29(31(33)34-3)32(35-4)38(30)5)22-11-13-25(14-12-22)42-26-10-7-9-21(2)37-26/h7,9-14,19-20,24H,4,15-18H2,1-3,5H3,(H2,33,34). The van der Waals surface area contributed by atoms with Gasteiger partial charge in [-0.25, -0.2) is 9.98 Å². The molecule has 1 aliphatic heterocycles. The predicted molar refractivity (Wildman–Crippen MR) is 165 cm³/mol. The maximum atomic E-state index is 12.2. The van der Waals surface area contributed by atoms with E-state index in [1.54, 1.807) is 18.9 Å². The van der Waals surface area contributed by atoms with E-state index in [9.17, 15) is 4.79 Å². The Labute approximate surface area is 245 Å². The van der Waals surface area contributed by atoms with Gasteiger partial charge in [0.05, 0.1) is 23.5 Å². The van der Waals surface area contributed by atoms with Crippen molar-refractivity contribution >= 4 is 24.3 Å². The van der Waals surface area contributed by atoms with Crippen LogP contribution in [0.2, 0.25) is 0 Å². The molecule has 0 unspecified atom stereocenters. The second-order valence-electron chi connectivity index (χ2n) is 10.1. The van der Waals surface area contributed by atoms with Gasteiger partial charge >= 0.3 is 0 Å². The maximum absolute atomic E-state index is 12.2. The number of aliphatic imine (C=N–C) groups is 2. The zero-order chi connectivity index (χ0) is 29.8. The van der Waals surface area contributed by atoms with Gasteiger partial charge in [0.1, 0.15) is 17.4 Å². The number of likely N-dealkylation sites (tertiary alicyclic amines) is 1. The highest BCUT2D eigenvalue weighted by Crippen LogP contribution is 2.43. The van der Waals surface area contributed by atoms with E-state index in [2.05, 4.69) is 33.5 Å². The van der Waals surface area contributed by atoms with Gasteiger partial charge in [-0.05, 0) is 63.1 Å². The fourth-order valence-electron chi connectivity index (χ4n) is 5.39. The highest BCUT2D eigenvalue weighted by atomic mass is 16.5. The zero-order valence-electron chi connectivity index (χ0n) is 24.3. The van der Waals surface area contributed by atoms with Crippen molar-refractivity contribution in [3.05, 3.63) is 66.1 Å². The molecule has 214 valence electrons. The lowest BCUT2D eigenvalue weighted by atomic mass is 9.98. The van der Waals surface area contributed by atoms with E-state index in [-0.39, 0.29) is 11.9 Å². The van der Waals surface area contributed by atoms with Gasteiger partial charge in [0, 0.05) is 56.3 Å². The van der Waals surface area contributed by atoms with Gasteiger partial charge in [-0.3, -0.25) is 14.5 Å². The van der Waals surface area contributed by atoms with Crippen LogP contribution in [0.1, 0.15) is 37.1 Å². The Morgan fingerprint density at radius 1 is 1.14 bits per heavy atom. The Hall–Kier alpha value is -5.17. The molecule has 1 amide bonds. The number of nitrogens with two attached hydrogens (primary N) is 1. The van der Waals surface area contributed by atoms with Crippen LogP contribution in [-0.2, 0) is 11.8 Å². The minimum absolute atomic E-state index is 0.121. The maximum Gasteiger partial charge on any atom is 0.298 e. The number of carbonyl (C=O) groups excluding carboxylic acids is 1. The first-order chi connectivity index (χ1) is 20.3. The van der Waals surface area contributed by atoms with E-state index in [0.717, 1.165) is 40.9 Å². The van der Waals surface area contributed by atoms with E-state index in [1.807, 2.05) is 78.1 Å². The van der Waals surface area contributed by atoms with Crippen molar-refractivity contribution < 1.29 is 9.53 Å². The van der Waals surface area contributed by atoms with E-state index in [4.69, 9.17) is 15.6 Å². The molecule has 1 saturated heterocycles. The van der Waals surface area contributed by atoms with Crippen LogP contribution in [-0.4, -0.2) is 62.8 Å². The molecular formula is C32H34N8O2. The molecule has 1 fully saturated rings. The Balaban J connectivity index is 1.51. The molecule has 4 aromatic rings. The summed E-state index contributed by atoms with van der Waals surface area (Å²) in [5.74, 6) is 7.38. The molecule has 5 rings (SSSR count). The van der Waals surface area contributed by atoms with Crippen molar-refractivity contribution in [1.82, 2.24) is 24.2 Å². The van der Waals surface area contributed by atoms with Gasteiger partial charge in [-0.15, -0.1) is 0 Å². The molecule has 0 radical (unpaired) electrons. The van der Waals surface area contributed by atoms with Crippen LogP contribution < -0.4 is 10.5 Å². The number of benzene rings is 1. The normalized spacial score (nSPS) is 13.9. The van der Waals surface area contributed by atoms with Gasteiger partial charge in [-0.2, -0.15) is 5.10 Å². The highest BCUT2D eigenvalue weighted by molar-refractivity contribution is 6.11. The summed E-state index contributed by atoms with van der Waals surface area (Å²) in [5.41, 5.74) is 11.6. The molecule has 1 aromatic carbocycles. The molecule has 0 saturated carbocycles. The minimum Gasteiger partial charge on any atom is -0.439 e. The van der Waals surface area contributed by atoms with E-state index in [1.165, 1.54) is 0 Å². The van der Waals surface area contributed by atoms with Crippen LogP contribution in [0, 0.1) is 18.8 Å². The largest absolute Gasteiger partial charge is 0.439 e. The van der Waals surface area contributed by atoms with Crippen molar-refractivity contribution in [3.63, 3.8) is 0 Å². The minimum atomic E-state index is -0.121. The topological polar surface area (TPSA) is 116 Å². The van der Waals surface area contributed by atoms with E-state index < -0.39 is 0 Å². The molecule has 1 aliphatic rings. The number of carbonyl (C=O) groups is 1. The first-order valence-electron chi connectivity index (χ1n) is 13.7. The van der Waals surface area contributed by atoms with Crippen LogP contribution in [0.4, 0.5) is 5.82 Å². The number of hydrogen-bond donors (Lipinski definition) is 1. The molecule has 0 atom stereocenters. The quantitative estimate of drug-likeness (QED) is 0.195. The van der Waals surface area contributed by atoms with Crippen LogP contribution in [0.15, 0.2) is 64.8 Å². The van der Waals surface area contributed by atoms with Crippen molar-refractivity contribution in [2.45, 2.75) is 32.7 Å². The summed E-state index contributed by atoms with van der Waals surface area (Å²) < 4.78 is 9.95. The van der Waals surface area contributed by atoms with Crippen LogP contribution in [0.25, 0.3) is 22.4 Å². The second kappa shape index (κ2) is 12.1. The molecule has 10 nitrogen and oxygen atoms in total. The molecule has 10 heteroatoms. The summed E-state index contributed by atoms with van der Waals surface area (Å²) >= 11 is 0. The number of amidine groups is 1. The first kappa shape index (κ1) is 28.4. The fraction of sp³-hybridized carbons (Fsp3) is 0.281. The predicted octanol–water partition coefficient (Wildman–Crippen LogP) is 4.91. The van der Waals surface area contributed by atoms with Crippen molar-refractivity contribution in [2.75, 3.05) is 20.1 Å². The molecule has 3 aromatic heterocycles. The first-order valence-corrected chi connectivity index (χ1v) is 13.7. The van der Waals surface area contributed by atoms with Crippen LogP contribution in [0.5, 0.6) is 11.6 Å². The van der Waals surface area contributed by atoms with Gasteiger partial charge in [-0.1, -0.05) is 24.1 Å². The molecule has 42 heavy (non-hydrogen) atoms. The number of aryl methyl sites for hydroxylation is 1. The number of ether oxygens (including phenoxy) is 1. The number of hydrogen-bond acceptors (Lipinski definition) is 6. The van der Waals surface area contributed by atoms with Crippen LogP contribution >= 0.6 is 0 Å². The number of aromatic nitrogens is 4. The Morgan fingerprint density at radius 2 is 1.88 bits per heavy atom. The number of pyridine rings is 1. The number of rotatable bonds is 7. The van der Waals surface area contributed by atoms with Gasteiger partial charge in [0.25, 0.3) is 5.91 Å². The SMILES string of the molecule is C=Nc1c(C(N)=NC)c(-c2ccc(Oc3cccc(C)n3)cc2)c(-c2cnn(C3CCN(C(=O)C#CC)CC3)c2)n1C. The van der Waals surface area contributed by atoms with Gasteiger partial charge in [0.2, 0.25) is 5.88 Å². The van der Waals surface area contributed by atoms with Crippen molar-refractivity contribution in [2.24, 2.45) is 22.8 Å². The van der Waals surface area contributed by atoms with Gasteiger partial charge < -0.3 is 19.9 Å². The Kier molecular flexibility index (Phi) is 8.20. The summed E-state index contributed by atoms with van der Waals surface area (Å²) in [6.45, 7) is 8.72. The number of piperidine rings is 1. The summed E-state index contributed by atoms with van der Waals surface area (Å²) in [6.07, 6.45) is 5.50. The molecule has 0 bridgehead atoms. The van der Waals surface area contributed by atoms with E-state index >= 15 is 0 Å². The summed E-state index contributed by atoms with van der Waals surface area (Å²) in [5, 5.41) is 4.73. The molecule has 0 aliphatic carbocycles. The lowest BCUT2D eigenvalue weighted by molar-refractivity contribution is -0.126. The van der Waals surface area contributed by atoms with Crippen LogP contribution in [0.3, 0.4) is 0 Å². The summed E-state index contributed by atoms with van der Waals surface area (Å²) in [4.78, 5) is 27.0. The van der Waals surface area contributed by atoms with Crippen molar-refractivity contribution in [3.8, 4) is 45.9 Å². The molecule has 2 N–H and O–H groups in total. The smallest absolute Gasteiger partial charge is 0.298 e. The Morgan fingerprint density at radius 3 is 2.52 bits per heavy atom. The van der Waals surface area contributed by atoms with Gasteiger partial charge in [0.15, 0.2) is 0 Å². The molecule has 4 heterocycles. The summed E-state index contributed by atoms with van der Waals surface area (Å²) in [7, 11) is 3.60. The fourth-order valence-corrected chi connectivity index (χ4v) is 5.39. The monoisotopic (exact) mass is 562 g/mol. The lowest BCUT2D eigenvalue weighted by Crippen LogP contribution is -2.38. The zero-order valence-corrected chi connectivity index (χ0v) is 24.3. The highest BCUT2D eigenvalue weighted by Gasteiger charge is 2.28. The average molecular weight is 563 g/mol. The average Bonchev–Trinajstić information content (AvgIpc) is 3.59. The van der Waals surface area contributed by atoms with Crippen molar-refractivity contribution in [1.29, 1.82) is 0 Å². The molecule has 0 spiro atoms. The third-order valence-electron chi connectivity index (χ3n) is 7.47. The third kappa shape index (κ3) is 5.54. The number of nitrogens with zero attached hydrogens (tertiary/aromatic N) is 7. The third-order valence-corrected chi connectivity index (χ3v) is 7.47. The lowest BCUT2D eigenvalue weighted by Gasteiger charge is -2.30. The second-order valence-corrected chi connectivity index (χ2v) is 10.1. The number of amides is 1. The Bertz CT molecular complexity index is 1710. The van der Waals surface area contributed by atoms with E-state index in [0.29, 0.717) is 41.9 Å². The molecular weight excluding hydrogens is 528 g/mol.